The van der Waals surface area contributed by atoms with Gasteiger partial charge in [-0.3, -0.25) is 4.79 Å². The molecule has 1 amide bonds. The van der Waals surface area contributed by atoms with Crippen LogP contribution in [0.2, 0.25) is 0 Å². The average molecular weight is 302 g/mol. The van der Waals surface area contributed by atoms with Crippen molar-refractivity contribution < 1.29 is 4.79 Å². The van der Waals surface area contributed by atoms with Crippen molar-refractivity contribution in [2.24, 2.45) is 11.8 Å². The molecule has 1 aromatic carbocycles. The van der Waals surface area contributed by atoms with Crippen molar-refractivity contribution in [2.75, 3.05) is 5.32 Å². The largest absolute Gasteiger partial charge is 0.326 e. The summed E-state index contributed by atoms with van der Waals surface area (Å²) in [6.07, 6.45) is 4.38. The normalized spacial score (nSPS) is 26.5. The first kappa shape index (κ1) is 17.0. The lowest BCUT2D eigenvalue weighted by atomic mass is 9.78. The van der Waals surface area contributed by atoms with Gasteiger partial charge in [0.1, 0.15) is 0 Å². The molecule has 0 spiro atoms. The summed E-state index contributed by atoms with van der Waals surface area (Å²) in [7, 11) is 0. The van der Waals surface area contributed by atoms with E-state index in [2.05, 4.69) is 31.4 Å². The summed E-state index contributed by atoms with van der Waals surface area (Å²) < 4.78 is 0. The third kappa shape index (κ3) is 4.84. The lowest BCUT2D eigenvalue weighted by Gasteiger charge is -2.36. The fraction of sp³-hybridized carbons (Fsp3) is 0.632. The molecule has 4 atom stereocenters. The van der Waals surface area contributed by atoms with E-state index in [0.29, 0.717) is 18.4 Å². The summed E-state index contributed by atoms with van der Waals surface area (Å²) in [5.74, 6) is 1.55. The summed E-state index contributed by atoms with van der Waals surface area (Å²) in [5.41, 5.74) is 2.05. The van der Waals surface area contributed by atoms with Gasteiger partial charge in [0.15, 0.2) is 0 Å². The third-order valence-electron chi connectivity index (χ3n) is 5.00. The van der Waals surface area contributed by atoms with E-state index >= 15 is 0 Å². The molecule has 1 saturated carbocycles. The van der Waals surface area contributed by atoms with E-state index in [4.69, 9.17) is 0 Å². The minimum absolute atomic E-state index is 0.0853. The van der Waals surface area contributed by atoms with Crippen LogP contribution in [0.4, 0.5) is 5.69 Å². The van der Waals surface area contributed by atoms with Crippen LogP contribution in [0.5, 0.6) is 0 Å². The highest BCUT2D eigenvalue weighted by molar-refractivity contribution is 5.91. The van der Waals surface area contributed by atoms with Crippen molar-refractivity contribution in [1.29, 1.82) is 0 Å². The van der Waals surface area contributed by atoms with E-state index in [9.17, 15) is 4.79 Å². The molecule has 0 aromatic heterocycles. The average Bonchev–Trinajstić information content (AvgIpc) is 2.43. The van der Waals surface area contributed by atoms with E-state index in [1.165, 1.54) is 19.3 Å². The molecule has 2 N–H and O–H groups in total. The Bertz CT molecular complexity index is 500. The van der Waals surface area contributed by atoms with Crippen LogP contribution in [0.3, 0.4) is 0 Å². The Morgan fingerprint density at radius 1 is 1.32 bits per heavy atom. The van der Waals surface area contributed by atoms with E-state index in [-0.39, 0.29) is 11.9 Å². The molecule has 1 aliphatic carbocycles. The van der Waals surface area contributed by atoms with E-state index in [1.807, 2.05) is 31.2 Å². The minimum atomic E-state index is 0.0853. The number of carbonyl (C=O) groups is 1. The van der Waals surface area contributed by atoms with Gasteiger partial charge in [0.2, 0.25) is 5.91 Å². The maximum Gasteiger partial charge on any atom is 0.225 e. The number of rotatable bonds is 5. The molecule has 0 unspecified atom stereocenters. The highest BCUT2D eigenvalue weighted by Crippen LogP contribution is 2.29. The SMILES string of the molecule is Cc1cccc(NC(=O)C[C@H](C)N[C@@H]2CCC[C@@H](C)[C@@H]2C)c1. The van der Waals surface area contributed by atoms with Crippen LogP contribution in [0.25, 0.3) is 0 Å². The number of benzene rings is 1. The fourth-order valence-electron chi connectivity index (χ4n) is 3.45. The van der Waals surface area contributed by atoms with E-state index in [1.54, 1.807) is 0 Å². The van der Waals surface area contributed by atoms with Crippen molar-refractivity contribution in [3.63, 3.8) is 0 Å². The number of hydrogen-bond acceptors (Lipinski definition) is 2. The number of aryl methyl sites for hydroxylation is 1. The zero-order valence-corrected chi connectivity index (χ0v) is 14.4. The van der Waals surface area contributed by atoms with Crippen molar-refractivity contribution in [3.8, 4) is 0 Å². The summed E-state index contributed by atoms with van der Waals surface area (Å²) in [5, 5.41) is 6.66. The van der Waals surface area contributed by atoms with Gasteiger partial charge >= 0.3 is 0 Å². The molecule has 0 radical (unpaired) electrons. The standard InChI is InChI=1S/C19H30N2O/c1-13-7-5-9-17(11-13)21-19(22)12-15(3)20-18-10-6-8-14(2)16(18)4/h5,7,9,11,14-16,18,20H,6,8,10,12H2,1-4H3,(H,21,22)/t14-,15+,16+,18-/m1/s1. The first-order valence-corrected chi connectivity index (χ1v) is 8.58. The Labute approximate surface area is 134 Å². The summed E-state index contributed by atoms with van der Waals surface area (Å²) in [4.78, 5) is 12.2. The smallest absolute Gasteiger partial charge is 0.225 e. The molecule has 1 aromatic rings. The fourth-order valence-corrected chi connectivity index (χ4v) is 3.45. The number of hydrogen-bond donors (Lipinski definition) is 2. The first-order chi connectivity index (χ1) is 10.5. The van der Waals surface area contributed by atoms with Crippen LogP contribution in [0.1, 0.15) is 52.0 Å². The molecule has 122 valence electrons. The zero-order valence-electron chi connectivity index (χ0n) is 14.4. The molecule has 0 bridgehead atoms. The highest BCUT2D eigenvalue weighted by atomic mass is 16.1. The molecule has 0 heterocycles. The highest BCUT2D eigenvalue weighted by Gasteiger charge is 2.28. The van der Waals surface area contributed by atoms with Crippen LogP contribution in [-0.2, 0) is 4.79 Å². The van der Waals surface area contributed by atoms with Gasteiger partial charge in [-0.2, -0.15) is 0 Å². The Kier molecular flexibility index (Phi) is 6.01. The van der Waals surface area contributed by atoms with Gasteiger partial charge in [-0.25, -0.2) is 0 Å². The van der Waals surface area contributed by atoms with Gasteiger partial charge in [-0.1, -0.05) is 38.8 Å². The predicted octanol–water partition coefficient (Wildman–Crippen LogP) is 4.13. The summed E-state index contributed by atoms with van der Waals surface area (Å²) in [6, 6.07) is 8.70. The molecule has 22 heavy (non-hydrogen) atoms. The minimum Gasteiger partial charge on any atom is -0.326 e. The maximum absolute atomic E-state index is 12.2. The van der Waals surface area contributed by atoms with Crippen LogP contribution in [-0.4, -0.2) is 18.0 Å². The van der Waals surface area contributed by atoms with Crippen LogP contribution in [0.15, 0.2) is 24.3 Å². The third-order valence-corrected chi connectivity index (χ3v) is 5.00. The monoisotopic (exact) mass is 302 g/mol. The zero-order chi connectivity index (χ0) is 16.1. The molecule has 3 heteroatoms. The molecule has 1 aliphatic rings. The van der Waals surface area contributed by atoms with Gasteiger partial charge in [-0.05, 0) is 49.8 Å². The molecule has 0 aliphatic heterocycles. The van der Waals surface area contributed by atoms with Crippen molar-refractivity contribution in [1.82, 2.24) is 5.32 Å². The van der Waals surface area contributed by atoms with Gasteiger partial charge in [-0.15, -0.1) is 0 Å². The van der Waals surface area contributed by atoms with E-state index < -0.39 is 0 Å². The summed E-state index contributed by atoms with van der Waals surface area (Å²) in [6.45, 7) is 8.82. The Balaban J connectivity index is 1.81. The molecule has 0 saturated heterocycles. The lowest BCUT2D eigenvalue weighted by Crippen LogP contribution is -2.45. The molecule has 1 fully saturated rings. The quantitative estimate of drug-likeness (QED) is 0.859. The Hall–Kier alpha value is -1.35. The van der Waals surface area contributed by atoms with Crippen LogP contribution < -0.4 is 10.6 Å². The molecular weight excluding hydrogens is 272 g/mol. The Morgan fingerprint density at radius 2 is 2.09 bits per heavy atom. The predicted molar refractivity (Wildman–Crippen MR) is 93.0 cm³/mol. The van der Waals surface area contributed by atoms with Crippen molar-refractivity contribution in [2.45, 2.75) is 65.5 Å². The lowest BCUT2D eigenvalue weighted by molar-refractivity contribution is -0.116. The molecular formula is C19H30N2O. The second-order valence-electron chi connectivity index (χ2n) is 7.06. The number of nitrogens with one attached hydrogen (secondary N) is 2. The number of carbonyl (C=O) groups excluding carboxylic acids is 1. The van der Waals surface area contributed by atoms with Crippen LogP contribution >= 0.6 is 0 Å². The van der Waals surface area contributed by atoms with Gasteiger partial charge in [0.25, 0.3) is 0 Å². The Morgan fingerprint density at radius 3 is 2.82 bits per heavy atom. The van der Waals surface area contributed by atoms with Gasteiger partial charge < -0.3 is 10.6 Å². The number of anilines is 1. The number of amides is 1. The van der Waals surface area contributed by atoms with Crippen molar-refractivity contribution >= 4 is 11.6 Å². The van der Waals surface area contributed by atoms with E-state index in [0.717, 1.165) is 17.2 Å². The van der Waals surface area contributed by atoms with Crippen molar-refractivity contribution in [3.05, 3.63) is 29.8 Å². The maximum atomic E-state index is 12.2. The van der Waals surface area contributed by atoms with Gasteiger partial charge in [0.05, 0.1) is 0 Å². The van der Waals surface area contributed by atoms with Crippen LogP contribution in [0, 0.1) is 18.8 Å². The second-order valence-corrected chi connectivity index (χ2v) is 7.06. The molecule has 3 nitrogen and oxygen atoms in total. The summed E-state index contributed by atoms with van der Waals surface area (Å²) >= 11 is 0. The first-order valence-electron chi connectivity index (χ1n) is 8.58. The molecule has 2 rings (SSSR count). The van der Waals surface area contributed by atoms with Gasteiger partial charge in [0, 0.05) is 24.2 Å². The second kappa shape index (κ2) is 7.77. The topological polar surface area (TPSA) is 41.1 Å².